The van der Waals surface area contributed by atoms with E-state index in [0.717, 1.165) is 34.6 Å². The maximum atomic E-state index is 13.1. The second-order valence-electron chi connectivity index (χ2n) is 12.9. The van der Waals surface area contributed by atoms with Crippen molar-refractivity contribution >= 4 is 29.3 Å². The van der Waals surface area contributed by atoms with Gasteiger partial charge in [0.25, 0.3) is 11.8 Å². The van der Waals surface area contributed by atoms with Gasteiger partial charge in [-0.1, -0.05) is 38.1 Å². The smallest absolute Gasteiger partial charge is 0.262 e. The van der Waals surface area contributed by atoms with Gasteiger partial charge < -0.3 is 14.8 Å². The Kier molecular flexibility index (Phi) is 8.04. The molecule has 1 saturated carbocycles. The SMILES string of the molecule is CC(C)(c1ccc(Oc2cnc(C#N)cn2)cc1)c1ccc(OC2CC(Nc3ccc4c(c3)C(=O)N(C3CCC(=O)NC3=O)C4=O)C2)cc1. The zero-order valence-corrected chi connectivity index (χ0v) is 26.8. The number of imide groups is 2. The minimum atomic E-state index is -0.990. The molecule has 0 bridgehead atoms. The molecule has 7 rings (SSSR count). The van der Waals surface area contributed by atoms with Crippen LogP contribution in [0.1, 0.15) is 77.1 Å². The number of carbonyl (C=O) groups is 4. The molecule has 3 aliphatic rings. The molecule has 2 N–H and O–H groups in total. The molecule has 4 amide bonds. The van der Waals surface area contributed by atoms with Gasteiger partial charge in [0.1, 0.15) is 29.7 Å². The Bertz CT molecular complexity index is 2000. The maximum Gasteiger partial charge on any atom is 0.262 e. The van der Waals surface area contributed by atoms with Crippen LogP contribution < -0.4 is 20.1 Å². The topological polar surface area (TPSA) is 164 Å². The summed E-state index contributed by atoms with van der Waals surface area (Å²) in [4.78, 5) is 59.0. The predicted octanol–water partition coefficient (Wildman–Crippen LogP) is 4.89. The number of fused-ring (bicyclic) bond motifs is 1. The zero-order chi connectivity index (χ0) is 34.3. The first-order valence-corrected chi connectivity index (χ1v) is 16.0. The molecule has 0 spiro atoms. The Labute approximate surface area is 282 Å². The molecule has 3 aromatic carbocycles. The number of benzene rings is 3. The standard InChI is InChI=1S/C37H32N6O6/c1-37(2,22-5-10-27(11-6-22)49-33-20-39-25(18-38)19-40-33)21-3-8-26(9-4-21)48-28-15-24(16-28)41-23-7-12-29-30(17-23)36(47)43(35(29)46)31-13-14-32(44)42-34(31)45/h3-12,17,19-20,24,28,31,41H,13-16H2,1-2H3,(H,42,44,45). The summed E-state index contributed by atoms with van der Waals surface area (Å²) in [5, 5.41) is 14.5. The van der Waals surface area contributed by atoms with Gasteiger partial charge >= 0.3 is 0 Å². The van der Waals surface area contributed by atoms with E-state index in [4.69, 9.17) is 14.7 Å². The number of ether oxygens (including phenoxy) is 2. The third-order valence-electron chi connectivity index (χ3n) is 9.33. The first-order chi connectivity index (χ1) is 23.6. The molecule has 49 heavy (non-hydrogen) atoms. The fourth-order valence-corrected chi connectivity index (χ4v) is 6.37. The molecule has 1 atom stereocenters. The van der Waals surface area contributed by atoms with E-state index in [1.807, 2.05) is 42.5 Å². The van der Waals surface area contributed by atoms with E-state index in [2.05, 4.69) is 46.6 Å². The van der Waals surface area contributed by atoms with Crippen molar-refractivity contribution in [1.82, 2.24) is 20.2 Å². The molecular formula is C37H32N6O6. The highest BCUT2D eigenvalue weighted by atomic mass is 16.5. The van der Waals surface area contributed by atoms with E-state index in [1.54, 1.807) is 18.2 Å². The highest BCUT2D eigenvalue weighted by molar-refractivity contribution is 6.23. The van der Waals surface area contributed by atoms with Gasteiger partial charge in [0.05, 0.1) is 23.5 Å². The molecular weight excluding hydrogens is 624 g/mol. The van der Waals surface area contributed by atoms with Crippen molar-refractivity contribution in [2.45, 2.75) is 63.1 Å². The third kappa shape index (κ3) is 6.18. The van der Waals surface area contributed by atoms with E-state index in [1.165, 1.54) is 12.4 Å². The van der Waals surface area contributed by atoms with Crippen molar-refractivity contribution in [3.05, 3.63) is 107 Å². The second-order valence-corrected chi connectivity index (χ2v) is 12.9. The highest BCUT2D eigenvalue weighted by Crippen LogP contribution is 2.36. The number of carbonyl (C=O) groups excluding carboxylic acids is 4. The van der Waals surface area contributed by atoms with Crippen LogP contribution in [-0.4, -0.2) is 56.7 Å². The average molecular weight is 657 g/mol. The molecule has 1 saturated heterocycles. The van der Waals surface area contributed by atoms with Crippen LogP contribution in [-0.2, 0) is 15.0 Å². The van der Waals surface area contributed by atoms with E-state index >= 15 is 0 Å². The van der Waals surface area contributed by atoms with Gasteiger partial charge in [-0.25, -0.2) is 9.97 Å². The number of hydrogen-bond donors (Lipinski definition) is 2. The second kappa shape index (κ2) is 12.5. The fraction of sp³-hybridized carbons (Fsp3) is 0.270. The number of nitriles is 1. The number of nitrogens with zero attached hydrogens (tertiary/aromatic N) is 4. The third-order valence-corrected chi connectivity index (χ3v) is 9.33. The summed E-state index contributed by atoms with van der Waals surface area (Å²) in [6.45, 7) is 4.31. The van der Waals surface area contributed by atoms with Gasteiger partial charge in [-0.2, -0.15) is 5.26 Å². The van der Waals surface area contributed by atoms with Crippen LogP contribution in [0, 0.1) is 11.3 Å². The summed E-state index contributed by atoms with van der Waals surface area (Å²) in [7, 11) is 0. The lowest BCUT2D eigenvalue weighted by Gasteiger charge is -2.36. The van der Waals surface area contributed by atoms with Gasteiger partial charge in [-0.3, -0.25) is 29.4 Å². The van der Waals surface area contributed by atoms with Crippen molar-refractivity contribution in [3.63, 3.8) is 0 Å². The summed E-state index contributed by atoms with van der Waals surface area (Å²) >= 11 is 0. The van der Waals surface area contributed by atoms with E-state index in [0.29, 0.717) is 17.3 Å². The Morgan fingerprint density at radius 3 is 2.18 bits per heavy atom. The van der Waals surface area contributed by atoms with Crippen molar-refractivity contribution in [2.75, 3.05) is 5.32 Å². The molecule has 1 aliphatic carbocycles. The van der Waals surface area contributed by atoms with Crippen LogP contribution in [0.3, 0.4) is 0 Å². The van der Waals surface area contributed by atoms with E-state index in [-0.39, 0.29) is 47.2 Å². The van der Waals surface area contributed by atoms with Crippen molar-refractivity contribution in [2.24, 2.45) is 0 Å². The van der Waals surface area contributed by atoms with Crippen LogP contribution >= 0.6 is 0 Å². The predicted molar refractivity (Wildman–Crippen MR) is 176 cm³/mol. The van der Waals surface area contributed by atoms with Crippen molar-refractivity contribution < 1.29 is 28.7 Å². The zero-order valence-electron chi connectivity index (χ0n) is 26.8. The largest absolute Gasteiger partial charge is 0.490 e. The van der Waals surface area contributed by atoms with Crippen LogP contribution in [0.5, 0.6) is 17.4 Å². The molecule has 1 aromatic heterocycles. The molecule has 12 nitrogen and oxygen atoms in total. The number of rotatable bonds is 9. The molecule has 1 unspecified atom stereocenters. The molecule has 0 radical (unpaired) electrons. The number of nitrogens with one attached hydrogen (secondary N) is 2. The normalized spacial score (nSPS) is 20.2. The van der Waals surface area contributed by atoms with Crippen LogP contribution in [0.4, 0.5) is 5.69 Å². The van der Waals surface area contributed by atoms with E-state index in [9.17, 15) is 19.2 Å². The van der Waals surface area contributed by atoms with Gasteiger partial charge in [0, 0.05) is 36.4 Å². The van der Waals surface area contributed by atoms with Crippen LogP contribution in [0.2, 0.25) is 0 Å². The van der Waals surface area contributed by atoms with Gasteiger partial charge in [-0.05, 0) is 60.0 Å². The molecule has 4 aromatic rings. The number of amides is 4. The molecule has 3 heterocycles. The Balaban J connectivity index is 0.915. The molecule has 2 aliphatic heterocycles. The molecule has 246 valence electrons. The summed E-state index contributed by atoms with van der Waals surface area (Å²) in [5.41, 5.74) is 3.39. The van der Waals surface area contributed by atoms with Crippen LogP contribution in [0.15, 0.2) is 79.1 Å². The minimum absolute atomic E-state index is 0.0327. The van der Waals surface area contributed by atoms with Gasteiger partial charge in [-0.15, -0.1) is 0 Å². The van der Waals surface area contributed by atoms with Crippen molar-refractivity contribution in [1.29, 1.82) is 5.26 Å². The van der Waals surface area contributed by atoms with Crippen molar-refractivity contribution in [3.8, 4) is 23.4 Å². The lowest BCUT2D eigenvalue weighted by Crippen LogP contribution is -2.54. The Morgan fingerprint density at radius 2 is 1.55 bits per heavy atom. The first kappa shape index (κ1) is 31.5. The maximum absolute atomic E-state index is 13.1. The summed E-state index contributed by atoms with van der Waals surface area (Å²) in [5.74, 6) is -0.368. The quantitative estimate of drug-likeness (QED) is 0.237. The summed E-state index contributed by atoms with van der Waals surface area (Å²) in [6.07, 6.45) is 4.55. The van der Waals surface area contributed by atoms with E-state index < -0.39 is 29.7 Å². The molecule has 2 fully saturated rings. The first-order valence-electron chi connectivity index (χ1n) is 16.0. The average Bonchev–Trinajstić information content (AvgIpc) is 3.33. The van der Waals surface area contributed by atoms with Crippen LogP contribution in [0.25, 0.3) is 0 Å². The highest BCUT2D eigenvalue weighted by Gasteiger charge is 2.44. The number of piperidine rings is 1. The summed E-state index contributed by atoms with van der Waals surface area (Å²) in [6, 6.07) is 22.0. The Hall–Kier alpha value is -6.09. The number of anilines is 1. The lowest BCUT2D eigenvalue weighted by molar-refractivity contribution is -0.136. The van der Waals surface area contributed by atoms with Gasteiger partial charge in [0.15, 0.2) is 5.69 Å². The fourth-order valence-electron chi connectivity index (χ4n) is 6.37. The summed E-state index contributed by atoms with van der Waals surface area (Å²) < 4.78 is 12.0. The molecule has 12 heteroatoms. The van der Waals surface area contributed by atoms with Gasteiger partial charge in [0.2, 0.25) is 17.7 Å². The Morgan fingerprint density at radius 1 is 0.878 bits per heavy atom. The number of hydrogen-bond acceptors (Lipinski definition) is 10. The minimum Gasteiger partial charge on any atom is -0.490 e. The number of aromatic nitrogens is 2. The monoisotopic (exact) mass is 656 g/mol. The lowest BCUT2D eigenvalue weighted by atomic mass is 9.78.